The molecule has 0 unspecified atom stereocenters. The first-order valence-corrected chi connectivity index (χ1v) is 8.59. The second-order valence-electron chi connectivity index (χ2n) is 5.51. The number of rotatable bonds is 9. The molecule has 0 aromatic heterocycles. The maximum absolute atomic E-state index is 6.13. The van der Waals surface area contributed by atoms with Crippen molar-refractivity contribution in [2.75, 3.05) is 6.61 Å². The number of fused-ring (bicyclic) bond motifs is 1. The van der Waals surface area contributed by atoms with E-state index in [1.807, 2.05) is 0 Å². The monoisotopic (exact) mass is 304 g/mol. The molecule has 0 spiro atoms. The van der Waals surface area contributed by atoms with Gasteiger partial charge in [0.05, 0.1) is 12.5 Å². The minimum atomic E-state index is 0.493. The summed E-state index contributed by atoms with van der Waals surface area (Å²) in [6.07, 6.45) is 7.69. The Labute approximate surface area is 133 Å². The topological polar surface area (TPSA) is 9.23 Å². The first kappa shape index (κ1) is 16.2. The first-order chi connectivity index (χ1) is 10.4. The molecule has 0 saturated carbocycles. The zero-order valence-electron chi connectivity index (χ0n) is 12.9. The van der Waals surface area contributed by atoms with Crippen molar-refractivity contribution < 1.29 is 4.74 Å². The minimum absolute atomic E-state index is 0.493. The summed E-state index contributed by atoms with van der Waals surface area (Å²) in [6, 6.07) is 12.5. The van der Waals surface area contributed by atoms with Gasteiger partial charge in [0, 0.05) is 5.56 Å². The Hall–Kier alpha value is -1.21. The van der Waals surface area contributed by atoms with Crippen LogP contribution in [0.2, 0.25) is 0 Å². The molecule has 0 radical (unpaired) electrons. The number of benzene rings is 2. The van der Waals surface area contributed by atoms with Crippen LogP contribution in [0.15, 0.2) is 36.4 Å². The molecule has 0 atom stereocenters. The maximum Gasteiger partial charge on any atom is 0.124 e. The van der Waals surface area contributed by atoms with E-state index in [1.165, 1.54) is 42.9 Å². The Morgan fingerprint density at radius 1 is 0.905 bits per heavy atom. The van der Waals surface area contributed by atoms with Gasteiger partial charge in [-0.05, 0) is 23.3 Å². The van der Waals surface area contributed by atoms with Crippen molar-refractivity contribution in [1.29, 1.82) is 0 Å². The van der Waals surface area contributed by atoms with Crippen LogP contribution in [0.5, 0.6) is 5.75 Å². The molecular weight excluding hydrogens is 280 g/mol. The van der Waals surface area contributed by atoms with Crippen molar-refractivity contribution in [3.63, 3.8) is 0 Å². The molecular formula is C19H25ClO. The van der Waals surface area contributed by atoms with E-state index >= 15 is 0 Å². The molecule has 0 amide bonds. The van der Waals surface area contributed by atoms with Crippen molar-refractivity contribution >= 4 is 22.4 Å². The fraction of sp³-hybridized carbons (Fsp3) is 0.474. The Morgan fingerprint density at radius 2 is 1.67 bits per heavy atom. The summed E-state index contributed by atoms with van der Waals surface area (Å²) in [5.41, 5.74) is 1.11. The molecule has 0 saturated heterocycles. The molecule has 2 aromatic rings. The predicted octanol–water partition coefficient (Wildman–Crippen LogP) is 6.32. The molecule has 2 heteroatoms. The number of unbranched alkanes of at least 4 members (excludes halogenated alkanes) is 5. The summed E-state index contributed by atoms with van der Waals surface area (Å²) >= 11 is 6.13. The van der Waals surface area contributed by atoms with Gasteiger partial charge in [-0.3, -0.25) is 0 Å². The fourth-order valence-electron chi connectivity index (χ4n) is 2.65. The lowest BCUT2D eigenvalue weighted by Gasteiger charge is -2.12. The summed E-state index contributed by atoms with van der Waals surface area (Å²) in [5, 5.41) is 2.42. The van der Waals surface area contributed by atoms with Gasteiger partial charge >= 0.3 is 0 Å². The molecule has 0 aliphatic carbocycles. The van der Waals surface area contributed by atoms with Crippen LogP contribution in [0.3, 0.4) is 0 Å². The SMILES string of the molecule is CCCCCCCCOc1ccc2ccccc2c1CCl. The third-order valence-electron chi connectivity index (χ3n) is 3.89. The van der Waals surface area contributed by atoms with E-state index in [4.69, 9.17) is 16.3 Å². The quantitative estimate of drug-likeness (QED) is 0.389. The summed E-state index contributed by atoms with van der Waals surface area (Å²) in [5.74, 6) is 1.44. The molecule has 0 aliphatic rings. The van der Waals surface area contributed by atoms with Crippen molar-refractivity contribution in [3.8, 4) is 5.75 Å². The van der Waals surface area contributed by atoms with Gasteiger partial charge in [-0.1, -0.05) is 69.4 Å². The maximum atomic E-state index is 6.13. The van der Waals surface area contributed by atoms with Gasteiger partial charge in [0.2, 0.25) is 0 Å². The van der Waals surface area contributed by atoms with Crippen LogP contribution < -0.4 is 4.74 Å². The third-order valence-corrected chi connectivity index (χ3v) is 4.15. The lowest BCUT2D eigenvalue weighted by Crippen LogP contribution is -2.00. The average Bonchev–Trinajstić information content (AvgIpc) is 2.53. The first-order valence-electron chi connectivity index (χ1n) is 8.06. The van der Waals surface area contributed by atoms with Gasteiger partial charge in [0.25, 0.3) is 0 Å². The molecule has 0 aliphatic heterocycles. The standard InChI is InChI=1S/C19H25ClO/c1-2-3-4-5-6-9-14-21-19-13-12-16-10-7-8-11-17(16)18(19)15-20/h7-8,10-13H,2-6,9,14-15H2,1H3. The second-order valence-corrected chi connectivity index (χ2v) is 5.78. The fourth-order valence-corrected chi connectivity index (χ4v) is 2.93. The number of alkyl halides is 1. The lowest BCUT2D eigenvalue weighted by atomic mass is 10.0. The van der Waals surface area contributed by atoms with Gasteiger partial charge < -0.3 is 4.74 Å². The van der Waals surface area contributed by atoms with Crippen LogP contribution in [0.4, 0.5) is 0 Å². The van der Waals surface area contributed by atoms with E-state index in [0.717, 1.165) is 24.3 Å². The number of hydrogen-bond acceptors (Lipinski definition) is 1. The molecule has 21 heavy (non-hydrogen) atoms. The van der Waals surface area contributed by atoms with Crippen LogP contribution >= 0.6 is 11.6 Å². The largest absolute Gasteiger partial charge is 0.493 e. The Morgan fingerprint density at radius 3 is 2.48 bits per heavy atom. The van der Waals surface area contributed by atoms with Gasteiger partial charge in [-0.25, -0.2) is 0 Å². The highest BCUT2D eigenvalue weighted by Crippen LogP contribution is 2.29. The summed E-state index contributed by atoms with van der Waals surface area (Å²) in [6.45, 7) is 3.03. The average molecular weight is 305 g/mol. The highest BCUT2D eigenvalue weighted by Gasteiger charge is 2.07. The Balaban J connectivity index is 1.90. The third kappa shape index (κ3) is 4.64. The minimum Gasteiger partial charge on any atom is -0.493 e. The Bertz CT molecular complexity index is 550. The highest BCUT2D eigenvalue weighted by atomic mass is 35.5. The lowest BCUT2D eigenvalue weighted by molar-refractivity contribution is 0.302. The van der Waals surface area contributed by atoms with E-state index in [1.54, 1.807) is 0 Å². The molecule has 2 rings (SSSR count). The van der Waals surface area contributed by atoms with E-state index < -0.39 is 0 Å². The van der Waals surface area contributed by atoms with Crippen molar-refractivity contribution in [3.05, 3.63) is 42.0 Å². The smallest absolute Gasteiger partial charge is 0.124 e. The summed E-state index contributed by atoms with van der Waals surface area (Å²) in [4.78, 5) is 0. The molecule has 114 valence electrons. The van der Waals surface area contributed by atoms with Gasteiger partial charge in [0.1, 0.15) is 5.75 Å². The summed E-state index contributed by atoms with van der Waals surface area (Å²) < 4.78 is 5.96. The molecule has 0 N–H and O–H groups in total. The number of halogens is 1. The van der Waals surface area contributed by atoms with Gasteiger partial charge in [0.15, 0.2) is 0 Å². The number of hydrogen-bond donors (Lipinski definition) is 0. The van der Waals surface area contributed by atoms with Gasteiger partial charge in [-0.2, -0.15) is 0 Å². The van der Waals surface area contributed by atoms with Crippen LogP contribution in [-0.2, 0) is 5.88 Å². The van der Waals surface area contributed by atoms with Gasteiger partial charge in [-0.15, -0.1) is 11.6 Å². The molecule has 2 aromatic carbocycles. The van der Waals surface area contributed by atoms with Crippen LogP contribution in [-0.4, -0.2) is 6.61 Å². The Kier molecular flexibility index (Phi) is 6.88. The number of ether oxygens (including phenoxy) is 1. The van der Waals surface area contributed by atoms with Crippen LogP contribution in [0.1, 0.15) is 51.0 Å². The molecule has 0 bridgehead atoms. The second kappa shape index (κ2) is 8.94. The predicted molar refractivity (Wildman–Crippen MR) is 92.4 cm³/mol. The zero-order chi connectivity index (χ0) is 14.9. The molecule has 0 fully saturated rings. The summed E-state index contributed by atoms with van der Waals surface area (Å²) in [7, 11) is 0. The van der Waals surface area contributed by atoms with Crippen molar-refractivity contribution in [1.82, 2.24) is 0 Å². The molecule has 1 nitrogen and oxygen atoms in total. The van der Waals surface area contributed by atoms with Crippen LogP contribution in [0.25, 0.3) is 10.8 Å². The van der Waals surface area contributed by atoms with Crippen molar-refractivity contribution in [2.24, 2.45) is 0 Å². The van der Waals surface area contributed by atoms with E-state index in [0.29, 0.717) is 5.88 Å². The van der Waals surface area contributed by atoms with E-state index in [9.17, 15) is 0 Å². The molecule has 0 heterocycles. The van der Waals surface area contributed by atoms with E-state index in [2.05, 4.69) is 43.3 Å². The zero-order valence-corrected chi connectivity index (χ0v) is 13.7. The van der Waals surface area contributed by atoms with E-state index in [-0.39, 0.29) is 0 Å². The van der Waals surface area contributed by atoms with Crippen molar-refractivity contribution in [2.45, 2.75) is 51.3 Å². The van der Waals surface area contributed by atoms with Crippen LogP contribution in [0, 0.1) is 0 Å². The highest BCUT2D eigenvalue weighted by molar-refractivity contribution is 6.18. The normalized spacial score (nSPS) is 11.0.